The molecule has 3 aromatic rings. The predicted octanol–water partition coefficient (Wildman–Crippen LogP) is 1.46. The molecule has 0 bridgehead atoms. The van der Waals surface area contributed by atoms with Gasteiger partial charge in [-0.05, 0) is 42.8 Å². The molecule has 6 nitrogen and oxygen atoms in total. The van der Waals surface area contributed by atoms with E-state index in [4.69, 9.17) is 5.73 Å². The molecule has 0 amide bonds. The SMILES string of the molecule is Cc1cc2nc3ccc(N(CCO)CCO)cc3nc2cc1N. The van der Waals surface area contributed by atoms with Gasteiger partial charge >= 0.3 is 0 Å². The minimum Gasteiger partial charge on any atom is -0.398 e. The third-order valence-corrected chi connectivity index (χ3v) is 3.91. The first kappa shape index (κ1) is 15.5. The average Bonchev–Trinajstić information content (AvgIpc) is 2.53. The molecule has 4 N–H and O–H groups in total. The van der Waals surface area contributed by atoms with E-state index < -0.39 is 0 Å². The van der Waals surface area contributed by atoms with Crippen LogP contribution in [-0.2, 0) is 0 Å². The average molecular weight is 312 g/mol. The normalized spacial score (nSPS) is 11.3. The highest BCUT2D eigenvalue weighted by atomic mass is 16.3. The van der Waals surface area contributed by atoms with Crippen molar-refractivity contribution in [3.05, 3.63) is 35.9 Å². The van der Waals surface area contributed by atoms with Crippen LogP contribution in [0.2, 0.25) is 0 Å². The highest BCUT2D eigenvalue weighted by Gasteiger charge is 2.09. The summed E-state index contributed by atoms with van der Waals surface area (Å²) < 4.78 is 0. The summed E-state index contributed by atoms with van der Waals surface area (Å²) in [6.45, 7) is 2.92. The molecule has 0 radical (unpaired) electrons. The Labute approximate surface area is 134 Å². The van der Waals surface area contributed by atoms with E-state index in [1.54, 1.807) is 0 Å². The highest BCUT2D eigenvalue weighted by molar-refractivity contribution is 5.90. The number of aliphatic hydroxyl groups is 2. The summed E-state index contributed by atoms with van der Waals surface area (Å²) in [5.41, 5.74) is 11.7. The van der Waals surface area contributed by atoms with Crippen LogP contribution in [0.25, 0.3) is 22.1 Å². The third kappa shape index (κ3) is 3.04. The van der Waals surface area contributed by atoms with Crippen LogP contribution >= 0.6 is 0 Å². The maximum absolute atomic E-state index is 9.17. The minimum atomic E-state index is 0.0250. The second-order valence-electron chi connectivity index (χ2n) is 5.53. The standard InChI is InChI=1S/C17H20N4O2/c1-11-8-15-17(10-13(11)18)20-16-9-12(2-3-14(16)19-15)21(4-6-22)5-7-23/h2-3,8-10,22-23H,4-7,18H2,1H3. The molecule has 0 aliphatic rings. The summed E-state index contributed by atoms with van der Waals surface area (Å²) in [5, 5.41) is 18.3. The fraction of sp³-hybridized carbons (Fsp3) is 0.294. The van der Waals surface area contributed by atoms with E-state index in [2.05, 4.69) is 9.97 Å². The van der Waals surface area contributed by atoms with Crippen molar-refractivity contribution in [3.63, 3.8) is 0 Å². The van der Waals surface area contributed by atoms with Crippen molar-refractivity contribution in [1.29, 1.82) is 0 Å². The summed E-state index contributed by atoms with van der Waals surface area (Å²) in [6.07, 6.45) is 0. The van der Waals surface area contributed by atoms with Crippen LogP contribution in [0, 0.1) is 6.92 Å². The quantitative estimate of drug-likeness (QED) is 0.488. The Kier molecular flexibility index (Phi) is 4.27. The first-order valence-corrected chi connectivity index (χ1v) is 7.56. The van der Waals surface area contributed by atoms with Crippen LogP contribution in [0.5, 0.6) is 0 Å². The van der Waals surface area contributed by atoms with Crippen molar-refractivity contribution in [2.75, 3.05) is 36.9 Å². The van der Waals surface area contributed by atoms with Crippen molar-refractivity contribution in [3.8, 4) is 0 Å². The molecule has 120 valence electrons. The van der Waals surface area contributed by atoms with Crippen molar-refractivity contribution >= 4 is 33.4 Å². The lowest BCUT2D eigenvalue weighted by Gasteiger charge is -2.23. The fourth-order valence-corrected chi connectivity index (χ4v) is 2.64. The molecule has 23 heavy (non-hydrogen) atoms. The summed E-state index contributed by atoms with van der Waals surface area (Å²) in [6, 6.07) is 9.53. The monoisotopic (exact) mass is 312 g/mol. The van der Waals surface area contributed by atoms with Crippen LogP contribution < -0.4 is 10.6 Å². The summed E-state index contributed by atoms with van der Waals surface area (Å²) in [4.78, 5) is 11.2. The van der Waals surface area contributed by atoms with E-state index in [1.165, 1.54) is 0 Å². The molecule has 0 aliphatic heterocycles. The number of aliphatic hydroxyl groups excluding tert-OH is 2. The van der Waals surface area contributed by atoms with Gasteiger partial charge in [-0.3, -0.25) is 0 Å². The smallest absolute Gasteiger partial charge is 0.0915 e. The molecule has 0 atom stereocenters. The molecule has 0 unspecified atom stereocenters. The molecular formula is C17H20N4O2. The maximum atomic E-state index is 9.17. The number of hydrogen-bond acceptors (Lipinski definition) is 6. The van der Waals surface area contributed by atoms with Gasteiger partial charge in [-0.1, -0.05) is 0 Å². The molecule has 0 saturated carbocycles. The molecule has 2 aromatic carbocycles. The van der Waals surface area contributed by atoms with Gasteiger partial charge in [-0.2, -0.15) is 0 Å². The number of nitrogens with two attached hydrogens (primary N) is 1. The molecule has 0 fully saturated rings. The molecule has 0 spiro atoms. The minimum absolute atomic E-state index is 0.0250. The topological polar surface area (TPSA) is 95.5 Å². The lowest BCUT2D eigenvalue weighted by atomic mass is 10.1. The van der Waals surface area contributed by atoms with E-state index in [0.29, 0.717) is 18.8 Å². The van der Waals surface area contributed by atoms with Crippen molar-refractivity contribution in [1.82, 2.24) is 9.97 Å². The van der Waals surface area contributed by atoms with E-state index >= 15 is 0 Å². The number of aryl methyl sites for hydroxylation is 1. The Bertz CT molecular complexity index is 845. The second-order valence-corrected chi connectivity index (χ2v) is 5.53. The zero-order chi connectivity index (χ0) is 16.4. The Balaban J connectivity index is 2.11. The summed E-state index contributed by atoms with van der Waals surface area (Å²) >= 11 is 0. The van der Waals surface area contributed by atoms with E-state index in [9.17, 15) is 10.2 Å². The van der Waals surface area contributed by atoms with Crippen LogP contribution in [0.1, 0.15) is 5.56 Å². The van der Waals surface area contributed by atoms with Gasteiger partial charge < -0.3 is 20.8 Å². The number of nitrogen functional groups attached to an aromatic ring is 1. The Morgan fingerprint density at radius 2 is 1.52 bits per heavy atom. The van der Waals surface area contributed by atoms with Gasteiger partial charge in [0.2, 0.25) is 0 Å². The van der Waals surface area contributed by atoms with Crippen molar-refractivity contribution in [2.45, 2.75) is 6.92 Å². The predicted molar refractivity (Wildman–Crippen MR) is 92.6 cm³/mol. The molecule has 0 aliphatic carbocycles. The zero-order valence-electron chi connectivity index (χ0n) is 13.0. The van der Waals surface area contributed by atoms with Gasteiger partial charge in [0.15, 0.2) is 0 Å². The number of benzene rings is 2. The number of fused-ring (bicyclic) bond motifs is 2. The number of nitrogens with zero attached hydrogens (tertiary/aromatic N) is 3. The maximum Gasteiger partial charge on any atom is 0.0915 e. The molecular weight excluding hydrogens is 292 g/mol. The van der Waals surface area contributed by atoms with Gasteiger partial charge in [0.1, 0.15) is 0 Å². The Morgan fingerprint density at radius 1 is 0.913 bits per heavy atom. The van der Waals surface area contributed by atoms with Crippen molar-refractivity contribution < 1.29 is 10.2 Å². The Morgan fingerprint density at radius 3 is 2.22 bits per heavy atom. The lowest BCUT2D eigenvalue weighted by Crippen LogP contribution is -2.29. The van der Waals surface area contributed by atoms with Crippen molar-refractivity contribution in [2.24, 2.45) is 0 Å². The molecule has 1 aromatic heterocycles. The molecule has 3 rings (SSSR count). The fourth-order valence-electron chi connectivity index (χ4n) is 2.64. The van der Waals surface area contributed by atoms with Gasteiger partial charge in [0.25, 0.3) is 0 Å². The largest absolute Gasteiger partial charge is 0.398 e. The van der Waals surface area contributed by atoms with Crippen LogP contribution in [-0.4, -0.2) is 46.5 Å². The number of aromatic nitrogens is 2. The van der Waals surface area contributed by atoms with Gasteiger partial charge in [-0.15, -0.1) is 0 Å². The molecule has 0 saturated heterocycles. The third-order valence-electron chi connectivity index (χ3n) is 3.91. The van der Waals surface area contributed by atoms with Crippen LogP contribution in [0.4, 0.5) is 11.4 Å². The van der Waals surface area contributed by atoms with E-state index in [1.807, 2.05) is 42.2 Å². The number of rotatable bonds is 5. The number of anilines is 2. The Hall–Kier alpha value is -2.44. The molecule has 1 heterocycles. The first-order chi connectivity index (χ1) is 11.1. The van der Waals surface area contributed by atoms with Crippen LogP contribution in [0.15, 0.2) is 30.3 Å². The van der Waals surface area contributed by atoms with E-state index in [-0.39, 0.29) is 13.2 Å². The summed E-state index contributed by atoms with van der Waals surface area (Å²) in [7, 11) is 0. The van der Waals surface area contributed by atoms with Gasteiger partial charge in [0.05, 0.1) is 35.3 Å². The zero-order valence-corrected chi connectivity index (χ0v) is 13.0. The number of hydrogen-bond donors (Lipinski definition) is 3. The first-order valence-electron chi connectivity index (χ1n) is 7.56. The lowest BCUT2D eigenvalue weighted by molar-refractivity contribution is 0.281. The summed E-state index contributed by atoms with van der Waals surface area (Å²) in [5.74, 6) is 0. The highest BCUT2D eigenvalue weighted by Crippen LogP contribution is 2.24. The molecule has 6 heteroatoms. The second kappa shape index (κ2) is 6.36. The van der Waals surface area contributed by atoms with Gasteiger partial charge in [-0.25, -0.2) is 9.97 Å². The van der Waals surface area contributed by atoms with Crippen LogP contribution in [0.3, 0.4) is 0 Å². The van der Waals surface area contributed by atoms with E-state index in [0.717, 1.165) is 33.3 Å². The van der Waals surface area contributed by atoms with Gasteiger partial charge in [0, 0.05) is 24.5 Å².